The zero-order valence-corrected chi connectivity index (χ0v) is 9.63. The van der Waals surface area contributed by atoms with Crippen LogP contribution in [0.2, 0.25) is 0 Å². The summed E-state index contributed by atoms with van der Waals surface area (Å²) in [6.45, 7) is 3.16. The first-order valence-electron chi connectivity index (χ1n) is 5.15. The average Bonchev–Trinajstić information content (AvgIpc) is 3.03. The van der Waals surface area contributed by atoms with Crippen molar-refractivity contribution in [1.82, 2.24) is 0 Å². The van der Waals surface area contributed by atoms with Crippen LogP contribution in [-0.4, -0.2) is 13.1 Å². The third-order valence-electron chi connectivity index (χ3n) is 1.68. The predicted octanol–water partition coefficient (Wildman–Crippen LogP) is 3.35. The molecule has 0 spiro atoms. The molecule has 0 saturated heterocycles. The van der Waals surface area contributed by atoms with E-state index in [4.69, 9.17) is 0 Å². The van der Waals surface area contributed by atoms with E-state index in [-0.39, 0.29) is 0 Å². The quantitative estimate of drug-likeness (QED) is 0.498. The minimum atomic E-state index is -0.394. The Hall–Kier alpha value is -1.83. The predicted molar refractivity (Wildman–Crippen MR) is 68.0 cm³/mol. The lowest BCUT2D eigenvalue weighted by atomic mass is 10.5. The van der Waals surface area contributed by atoms with E-state index >= 15 is 0 Å². The van der Waals surface area contributed by atoms with Crippen LogP contribution in [0.1, 0.15) is 12.8 Å². The van der Waals surface area contributed by atoms with E-state index in [9.17, 15) is 4.79 Å². The third kappa shape index (κ3) is 10.3. The molecule has 2 rings (SSSR count). The first-order valence-corrected chi connectivity index (χ1v) is 5.15. The number of carbonyl (C=O) groups is 1. The summed E-state index contributed by atoms with van der Waals surface area (Å²) in [5.41, 5.74) is 0. The van der Waals surface area contributed by atoms with Gasteiger partial charge in [0.2, 0.25) is 0 Å². The molecule has 86 valence electrons. The van der Waals surface area contributed by atoms with Crippen molar-refractivity contribution in [2.24, 2.45) is 0 Å². The molecule has 2 heteroatoms. The monoisotopic (exact) mass is 218 g/mol. The van der Waals surface area contributed by atoms with Gasteiger partial charge in [0, 0.05) is 6.08 Å². The van der Waals surface area contributed by atoms with Gasteiger partial charge in [-0.15, -0.1) is 0 Å². The second kappa shape index (κ2) is 11.2. The number of esters is 1. The van der Waals surface area contributed by atoms with Crippen molar-refractivity contribution in [2.75, 3.05) is 7.11 Å². The highest BCUT2D eigenvalue weighted by molar-refractivity contribution is 5.80. The Morgan fingerprint density at radius 1 is 1.06 bits per heavy atom. The van der Waals surface area contributed by atoms with Crippen molar-refractivity contribution >= 4 is 5.97 Å². The standard InChI is InChI=1S/2C5H6.C4H6O2/c2*1-2-4-5-3-1;1-3-4(5)6-2/h2*1-4H,5H2;3H,1H2,2H3. The molecule has 0 heterocycles. The summed E-state index contributed by atoms with van der Waals surface area (Å²) in [5.74, 6) is -0.394. The minimum Gasteiger partial charge on any atom is -0.466 e. The molecule has 0 aromatic heterocycles. The Kier molecular flexibility index (Phi) is 9.96. The van der Waals surface area contributed by atoms with Gasteiger partial charge in [-0.25, -0.2) is 4.79 Å². The number of carbonyl (C=O) groups excluding carboxylic acids is 1. The van der Waals surface area contributed by atoms with E-state index in [2.05, 4.69) is 59.9 Å². The maximum atomic E-state index is 9.84. The fourth-order valence-electron chi connectivity index (χ4n) is 0.869. The SMILES string of the molecule is C1=CCC=C1.C1=CCC=C1.C=CC(=O)OC. The average molecular weight is 218 g/mol. The molecule has 16 heavy (non-hydrogen) atoms. The number of ether oxygens (including phenoxy) is 1. The molecular weight excluding hydrogens is 200 g/mol. The molecule has 2 aliphatic rings. The van der Waals surface area contributed by atoms with E-state index in [1.165, 1.54) is 7.11 Å². The first kappa shape index (κ1) is 14.2. The molecule has 0 aromatic carbocycles. The van der Waals surface area contributed by atoms with Gasteiger partial charge in [0.25, 0.3) is 0 Å². The molecule has 0 fully saturated rings. The maximum absolute atomic E-state index is 9.84. The van der Waals surface area contributed by atoms with Crippen molar-refractivity contribution in [3.63, 3.8) is 0 Å². The zero-order chi connectivity index (χ0) is 12.1. The molecule has 0 bridgehead atoms. The Morgan fingerprint density at radius 2 is 1.44 bits per heavy atom. The molecule has 0 radical (unpaired) electrons. The van der Waals surface area contributed by atoms with Crippen LogP contribution in [0.5, 0.6) is 0 Å². The van der Waals surface area contributed by atoms with Crippen LogP contribution in [0.3, 0.4) is 0 Å². The molecule has 2 nitrogen and oxygen atoms in total. The van der Waals surface area contributed by atoms with Crippen molar-refractivity contribution in [3.05, 3.63) is 61.3 Å². The summed E-state index contributed by atoms with van der Waals surface area (Å²) in [7, 11) is 1.31. The fourth-order valence-corrected chi connectivity index (χ4v) is 0.869. The van der Waals surface area contributed by atoms with Gasteiger partial charge < -0.3 is 4.74 Å². The van der Waals surface area contributed by atoms with Crippen molar-refractivity contribution in [2.45, 2.75) is 12.8 Å². The summed E-state index contributed by atoms with van der Waals surface area (Å²) in [6.07, 6.45) is 20.1. The largest absolute Gasteiger partial charge is 0.466 e. The maximum Gasteiger partial charge on any atom is 0.329 e. The van der Waals surface area contributed by atoms with Crippen LogP contribution in [0.4, 0.5) is 0 Å². The second-order valence-corrected chi connectivity index (χ2v) is 2.91. The number of hydrogen-bond donors (Lipinski definition) is 0. The first-order chi connectivity index (χ1) is 7.81. The van der Waals surface area contributed by atoms with Gasteiger partial charge in [-0.3, -0.25) is 0 Å². The molecule has 0 aromatic rings. The Bertz CT molecular complexity index is 265. The lowest BCUT2D eigenvalue weighted by Gasteiger charge is -1.83. The molecule has 0 amide bonds. The summed E-state index contributed by atoms with van der Waals surface area (Å²) in [4.78, 5) is 9.84. The number of allylic oxidation sites excluding steroid dienone is 8. The summed E-state index contributed by atoms with van der Waals surface area (Å²) >= 11 is 0. The van der Waals surface area contributed by atoms with E-state index in [1.807, 2.05) is 0 Å². The highest BCUT2D eigenvalue weighted by atomic mass is 16.5. The smallest absolute Gasteiger partial charge is 0.329 e. The van der Waals surface area contributed by atoms with Crippen LogP contribution in [0, 0.1) is 0 Å². The van der Waals surface area contributed by atoms with Crippen molar-refractivity contribution < 1.29 is 9.53 Å². The summed E-state index contributed by atoms with van der Waals surface area (Å²) in [5, 5.41) is 0. The molecule has 2 aliphatic carbocycles. The third-order valence-corrected chi connectivity index (χ3v) is 1.68. The normalized spacial score (nSPS) is 13.6. The highest BCUT2D eigenvalue weighted by Crippen LogP contribution is 1.93. The van der Waals surface area contributed by atoms with Crippen molar-refractivity contribution in [1.29, 1.82) is 0 Å². The molecule has 0 aliphatic heterocycles. The van der Waals surface area contributed by atoms with Gasteiger partial charge in [-0.2, -0.15) is 0 Å². The number of methoxy groups -OCH3 is 1. The Labute approximate surface area is 97.3 Å². The molecule has 0 N–H and O–H groups in total. The van der Waals surface area contributed by atoms with Crippen molar-refractivity contribution in [3.8, 4) is 0 Å². The topological polar surface area (TPSA) is 26.3 Å². The molecule has 0 atom stereocenters. The van der Waals surface area contributed by atoms with Gasteiger partial charge in [-0.05, 0) is 12.8 Å². The molecular formula is C14H18O2. The van der Waals surface area contributed by atoms with Gasteiger partial charge in [0.05, 0.1) is 7.11 Å². The lowest BCUT2D eigenvalue weighted by molar-refractivity contribution is -0.134. The Balaban J connectivity index is 0.000000211. The van der Waals surface area contributed by atoms with Crippen LogP contribution >= 0.6 is 0 Å². The van der Waals surface area contributed by atoms with Gasteiger partial charge in [0.1, 0.15) is 0 Å². The Morgan fingerprint density at radius 3 is 1.50 bits per heavy atom. The number of rotatable bonds is 1. The van der Waals surface area contributed by atoms with E-state index in [0.717, 1.165) is 18.9 Å². The second-order valence-electron chi connectivity index (χ2n) is 2.91. The van der Waals surface area contributed by atoms with E-state index < -0.39 is 5.97 Å². The van der Waals surface area contributed by atoms with E-state index in [0.29, 0.717) is 0 Å². The summed E-state index contributed by atoms with van der Waals surface area (Å²) < 4.78 is 4.14. The zero-order valence-electron chi connectivity index (χ0n) is 9.63. The summed E-state index contributed by atoms with van der Waals surface area (Å²) in [6, 6.07) is 0. The van der Waals surface area contributed by atoms with Crippen LogP contribution < -0.4 is 0 Å². The van der Waals surface area contributed by atoms with Crippen LogP contribution in [-0.2, 0) is 9.53 Å². The molecule has 0 unspecified atom stereocenters. The lowest BCUT2D eigenvalue weighted by Crippen LogP contribution is -1.91. The van der Waals surface area contributed by atoms with Gasteiger partial charge >= 0.3 is 5.97 Å². The fraction of sp³-hybridized carbons (Fsp3) is 0.214. The van der Waals surface area contributed by atoms with Crippen LogP contribution in [0.25, 0.3) is 0 Å². The van der Waals surface area contributed by atoms with Crippen LogP contribution in [0.15, 0.2) is 61.3 Å². The number of hydrogen-bond acceptors (Lipinski definition) is 2. The van der Waals surface area contributed by atoms with E-state index in [1.54, 1.807) is 0 Å². The minimum absolute atomic E-state index is 0.394. The van der Waals surface area contributed by atoms with Gasteiger partial charge in [-0.1, -0.05) is 55.2 Å². The van der Waals surface area contributed by atoms with Gasteiger partial charge in [0.15, 0.2) is 0 Å². The molecule has 0 saturated carbocycles. The highest BCUT2D eigenvalue weighted by Gasteiger charge is 1.81.